The lowest BCUT2D eigenvalue weighted by Gasteiger charge is -1.98. The molecule has 0 atom stereocenters. The number of hydrogen-bond acceptors (Lipinski definition) is 6. The quantitative estimate of drug-likeness (QED) is 0.812. The molecule has 0 unspecified atom stereocenters. The van der Waals surface area contributed by atoms with Gasteiger partial charge in [-0.3, -0.25) is 4.68 Å². The van der Waals surface area contributed by atoms with Crippen molar-refractivity contribution in [2.75, 3.05) is 6.61 Å². The zero-order valence-corrected chi connectivity index (χ0v) is 9.54. The topological polar surface area (TPSA) is 93.5 Å². The third-order valence-electron chi connectivity index (χ3n) is 2.45. The molecule has 90 valence electrons. The summed E-state index contributed by atoms with van der Waals surface area (Å²) in [6.07, 6.45) is 0. The van der Waals surface area contributed by atoms with Gasteiger partial charge >= 0.3 is 0 Å². The minimum Gasteiger partial charge on any atom is -0.394 e. The van der Waals surface area contributed by atoms with Crippen LogP contribution in [0, 0.1) is 18.8 Å². The minimum absolute atomic E-state index is 0.0574. The monoisotopic (exact) mass is 236 g/mol. The van der Waals surface area contributed by atoms with Crippen LogP contribution in [0.1, 0.15) is 11.5 Å². The molecule has 0 aliphatic heterocycles. The van der Waals surface area contributed by atoms with E-state index < -0.39 is 0 Å². The lowest BCUT2D eigenvalue weighted by Crippen LogP contribution is -2.05. The molecule has 2 aromatic heterocycles. The number of nitrogens with zero attached hydrogens (tertiary/aromatic N) is 4. The molecular weight excluding hydrogens is 224 g/mol. The Kier molecular flexibility index (Phi) is 3.01. The molecule has 7 nitrogen and oxygen atoms in total. The third-order valence-corrected chi connectivity index (χ3v) is 2.45. The van der Waals surface area contributed by atoms with Crippen LogP contribution >= 0.6 is 0 Å². The molecule has 2 aromatic rings. The van der Waals surface area contributed by atoms with Crippen LogP contribution in [0.5, 0.6) is 0 Å². The summed E-state index contributed by atoms with van der Waals surface area (Å²) < 4.78 is 6.46. The number of hydrogen-bond donors (Lipinski definition) is 1. The number of aliphatic hydroxyl groups excluding tert-OH is 1. The van der Waals surface area contributed by atoms with E-state index in [0.717, 1.165) is 0 Å². The predicted octanol–water partition coefficient (Wildman–Crippen LogP) is 1.55. The Labute approximate surface area is 97.0 Å². The van der Waals surface area contributed by atoms with Gasteiger partial charge in [-0.15, -0.1) is 4.91 Å². The minimum atomic E-state index is -0.0574. The summed E-state index contributed by atoms with van der Waals surface area (Å²) in [6, 6.07) is 1.68. The Morgan fingerprint density at radius 1 is 1.53 bits per heavy atom. The Hall–Kier alpha value is -2.02. The van der Waals surface area contributed by atoms with Crippen LogP contribution in [0.25, 0.3) is 11.4 Å². The first-order valence-corrected chi connectivity index (χ1v) is 5.12. The van der Waals surface area contributed by atoms with Crippen LogP contribution in [0.4, 0.5) is 5.69 Å². The fourth-order valence-electron chi connectivity index (χ4n) is 1.61. The highest BCUT2D eigenvalue weighted by molar-refractivity contribution is 5.70. The van der Waals surface area contributed by atoms with Gasteiger partial charge < -0.3 is 9.63 Å². The van der Waals surface area contributed by atoms with Gasteiger partial charge in [0.05, 0.1) is 18.8 Å². The summed E-state index contributed by atoms with van der Waals surface area (Å²) in [4.78, 5) is 10.8. The zero-order chi connectivity index (χ0) is 12.4. The van der Waals surface area contributed by atoms with Gasteiger partial charge in [-0.1, -0.05) is 5.16 Å². The summed E-state index contributed by atoms with van der Waals surface area (Å²) in [7, 11) is 0. The van der Waals surface area contributed by atoms with Crippen LogP contribution in [0.3, 0.4) is 0 Å². The molecule has 1 N–H and O–H groups in total. The standard InChI is InChI=1S/C10H12N4O3/c1-6-5-8(13-17-6)10-9(12-16)7(2)14(11-10)3-4-15/h5,15H,3-4H2,1-2H3. The van der Waals surface area contributed by atoms with Crippen LogP contribution in [-0.2, 0) is 6.54 Å². The maximum atomic E-state index is 10.8. The van der Waals surface area contributed by atoms with E-state index in [1.165, 1.54) is 4.68 Å². The van der Waals surface area contributed by atoms with Gasteiger partial charge in [0.15, 0.2) is 5.69 Å². The highest BCUT2D eigenvalue weighted by Crippen LogP contribution is 2.31. The first-order valence-electron chi connectivity index (χ1n) is 5.12. The fraction of sp³-hybridized carbons (Fsp3) is 0.400. The second-order valence-corrected chi connectivity index (χ2v) is 3.64. The van der Waals surface area contributed by atoms with Crippen molar-refractivity contribution in [2.45, 2.75) is 20.4 Å². The van der Waals surface area contributed by atoms with E-state index in [9.17, 15) is 4.91 Å². The Balaban J connectivity index is 2.53. The molecule has 17 heavy (non-hydrogen) atoms. The first-order chi connectivity index (χ1) is 8.17. The molecule has 0 aliphatic rings. The number of aromatic nitrogens is 3. The van der Waals surface area contributed by atoms with Gasteiger partial charge in [0, 0.05) is 6.07 Å². The summed E-state index contributed by atoms with van der Waals surface area (Å²) in [5, 5.41) is 19.8. The molecule has 2 heterocycles. The van der Waals surface area contributed by atoms with Gasteiger partial charge in [-0.2, -0.15) is 5.10 Å². The lowest BCUT2D eigenvalue weighted by atomic mass is 10.2. The van der Waals surface area contributed by atoms with Crippen LogP contribution < -0.4 is 0 Å². The third kappa shape index (κ3) is 1.96. The maximum absolute atomic E-state index is 10.8. The zero-order valence-electron chi connectivity index (χ0n) is 9.54. The van der Waals surface area contributed by atoms with E-state index in [1.54, 1.807) is 19.9 Å². The molecule has 0 aliphatic carbocycles. The molecule has 0 spiro atoms. The summed E-state index contributed by atoms with van der Waals surface area (Å²) in [5.41, 5.74) is 1.68. The lowest BCUT2D eigenvalue weighted by molar-refractivity contribution is 0.268. The van der Waals surface area contributed by atoms with Gasteiger partial charge in [-0.25, -0.2) is 0 Å². The van der Waals surface area contributed by atoms with E-state index in [4.69, 9.17) is 9.63 Å². The Bertz CT molecular complexity index is 544. The first kappa shape index (κ1) is 11.5. The van der Waals surface area contributed by atoms with Crippen molar-refractivity contribution in [1.29, 1.82) is 0 Å². The van der Waals surface area contributed by atoms with Crippen LogP contribution in [0.15, 0.2) is 15.8 Å². The van der Waals surface area contributed by atoms with Crippen molar-refractivity contribution >= 4 is 5.69 Å². The van der Waals surface area contributed by atoms with Crippen LogP contribution in [0.2, 0.25) is 0 Å². The molecule has 0 bridgehead atoms. The molecule has 0 fully saturated rings. The van der Waals surface area contributed by atoms with Crippen molar-refractivity contribution in [1.82, 2.24) is 14.9 Å². The van der Waals surface area contributed by atoms with Gasteiger partial charge in [0.25, 0.3) is 0 Å². The Morgan fingerprint density at radius 3 is 2.82 bits per heavy atom. The number of nitroso groups, excluding NO2 is 1. The highest BCUT2D eigenvalue weighted by Gasteiger charge is 2.19. The molecular formula is C10H12N4O3. The molecule has 0 saturated carbocycles. The second-order valence-electron chi connectivity index (χ2n) is 3.64. The van der Waals surface area contributed by atoms with Crippen molar-refractivity contribution in [3.63, 3.8) is 0 Å². The van der Waals surface area contributed by atoms with Gasteiger partial charge in [-0.05, 0) is 19.0 Å². The number of aliphatic hydroxyl groups is 1. The van der Waals surface area contributed by atoms with E-state index in [-0.39, 0.29) is 12.3 Å². The van der Waals surface area contributed by atoms with Crippen LogP contribution in [-0.4, -0.2) is 26.7 Å². The average molecular weight is 236 g/mol. The van der Waals surface area contributed by atoms with Crippen molar-refractivity contribution in [3.8, 4) is 11.4 Å². The smallest absolute Gasteiger partial charge is 0.158 e. The molecule has 0 saturated heterocycles. The fourth-order valence-corrected chi connectivity index (χ4v) is 1.61. The van der Waals surface area contributed by atoms with E-state index in [1.807, 2.05) is 0 Å². The average Bonchev–Trinajstić information content (AvgIpc) is 2.85. The molecule has 0 radical (unpaired) electrons. The summed E-state index contributed by atoms with van der Waals surface area (Å²) in [6.45, 7) is 3.72. The molecule has 2 rings (SSSR count). The normalized spacial score (nSPS) is 10.8. The van der Waals surface area contributed by atoms with E-state index in [2.05, 4.69) is 15.4 Å². The van der Waals surface area contributed by atoms with Crippen molar-refractivity contribution < 1.29 is 9.63 Å². The molecule has 7 heteroatoms. The van der Waals surface area contributed by atoms with Gasteiger partial charge in [0.2, 0.25) is 0 Å². The summed E-state index contributed by atoms with van der Waals surface area (Å²) in [5.74, 6) is 0.631. The largest absolute Gasteiger partial charge is 0.394 e. The number of rotatable bonds is 4. The highest BCUT2D eigenvalue weighted by atomic mass is 16.5. The second kappa shape index (κ2) is 4.46. The summed E-state index contributed by atoms with van der Waals surface area (Å²) >= 11 is 0. The van der Waals surface area contributed by atoms with Crippen molar-refractivity contribution in [3.05, 3.63) is 22.4 Å². The predicted molar refractivity (Wildman–Crippen MR) is 59.7 cm³/mol. The molecule has 0 aromatic carbocycles. The maximum Gasteiger partial charge on any atom is 0.158 e. The van der Waals surface area contributed by atoms with Gasteiger partial charge in [0.1, 0.15) is 17.1 Å². The van der Waals surface area contributed by atoms with Crippen molar-refractivity contribution in [2.24, 2.45) is 5.18 Å². The Morgan fingerprint density at radius 2 is 2.29 bits per heavy atom. The van der Waals surface area contributed by atoms with E-state index >= 15 is 0 Å². The SMILES string of the molecule is Cc1cc(-c2nn(CCO)c(C)c2N=O)no1. The number of aryl methyl sites for hydroxylation is 1. The molecule has 0 amide bonds. The van der Waals surface area contributed by atoms with E-state index in [0.29, 0.717) is 29.4 Å².